The Morgan fingerprint density at radius 1 is 1.67 bits per heavy atom. The van der Waals surface area contributed by atoms with Gasteiger partial charge < -0.3 is 4.74 Å². The monoisotopic (exact) mass is 126 g/mol. The summed E-state index contributed by atoms with van der Waals surface area (Å²) in [7, 11) is 1.39. The SMILES string of the molecule is COC(=N)C(C)(C)C#N. The fourth-order valence-electron chi connectivity index (χ4n) is 0.306. The highest BCUT2D eigenvalue weighted by molar-refractivity contribution is 5.81. The highest BCUT2D eigenvalue weighted by Crippen LogP contribution is 2.14. The first kappa shape index (κ1) is 7.96. The van der Waals surface area contributed by atoms with Gasteiger partial charge >= 0.3 is 0 Å². The lowest BCUT2D eigenvalue weighted by Crippen LogP contribution is -2.22. The average molecular weight is 126 g/mol. The van der Waals surface area contributed by atoms with Crippen molar-refractivity contribution in [1.82, 2.24) is 0 Å². The lowest BCUT2D eigenvalue weighted by atomic mass is 9.96. The van der Waals surface area contributed by atoms with Crippen LogP contribution in [-0.4, -0.2) is 13.0 Å². The third kappa shape index (κ3) is 1.73. The van der Waals surface area contributed by atoms with Gasteiger partial charge in [-0.05, 0) is 13.8 Å². The Morgan fingerprint density at radius 3 is 2.22 bits per heavy atom. The Bertz CT molecular complexity index is 155. The second-order valence-electron chi connectivity index (χ2n) is 2.27. The molecule has 0 aliphatic carbocycles. The van der Waals surface area contributed by atoms with Crippen LogP contribution in [0, 0.1) is 22.2 Å². The molecular formula is C6H10N2O. The molecule has 3 heteroatoms. The molecule has 0 rings (SSSR count). The van der Waals surface area contributed by atoms with Crippen LogP contribution in [0.3, 0.4) is 0 Å². The summed E-state index contributed by atoms with van der Waals surface area (Å²) in [5.74, 6) is 0.00463. The van der Waals surface area contributed by atoms with Crippen molar-refractivity contribution in [1.29, 1.82) is 10.7 Å². The summed E-state index contributed by atoms with van der Waals surface area (Å²) in [6, 6.07) is 1.94. The molecule has 3 nitrogen and oxygen atoms in total. The summed E-state index contributed by atoms with van der Waals surface area (Å²) in [5, 5.41) is 15.5. The number of rotatable bonds is 1. The van der Waals surface area contributed by atoms with Crippen molar-refractivity contribution in [2.75, 3.05) is 7.11 Å². The Morgan fingerprint density at radius 2 is 2.11 bits per heavy atom. The summed E-state index contributed by atoms with van der Waals surface area (Å²) in [6.45, 7) is 3.28. The standard InChI is InChI=1S/C6H10N2O/c1-6(2,4-7)5(8)9-3/h8H,1-3H3. The first-order chi connectivity index (χ1) is 4.04. The predicted molar refractivity (Wildman–Crippen MR) is 34.1 cm³/mol. The van der Waals surface area contributed by atoms with Crippen molar-refractivity contribution in [3.63, 3.8) is 0 Å². The molecule has 0 spiro atoms. The Hall–Kier alpha value is -1.04. The third-order valence-corrected chi connectivity index (χ3v) is 1.05. The van der Waals surface area contributed by atoms with Gasteiger partial charge in [0.15, 0.2) is 0 Å². The normalized spacial score (nSPS) is 10.0. The number of nitriles is 1. The second kappa shape index (κ2) is 2.49. The molecule has 0 atom stereocenters. The van der Waals surface area contributed by atoms with Crippen molar-refractivity contribution in [2.45, 2.75) is 13.8 Å². The maximum absolute atomic E-state index is 8.42. The molecule has 0 aliphatic heterocycles. The Labute approximate surface area is 54.8 Å². The molecule has 9 heavy (non-hydrogen) atoms. The number of nitrogens with one attached hydrogen (secondary N) is 1. The zero-order valence-electron chi connectivity index (χ0n) is 5.86. The molecule has 0 amide bonds. The largest absolute Gasteiger partial charge is 0.483 e. The van der Waals surface area contributed by atoms with E-state index in [4.69, 9.17) is 10.7 Å². The lowest BCUT2D eigenvalue weighted by Gasteiger charge is -2.13. The summed E-state index contributed by atoms with van der Waals surface area (Å²) < 4.78 is 4.57. The van der Waals surface area contributed by atoms with Crippen LogP contribution in [0.4, 0.5) is 0 Å². The minimum Gasteiger partial charge on any atom is -0.483 e. The molecule has 0 aromatic rings. The van der Waals surface area contributed by atoms with Gasteiger partial charge in [0.05, 0.1) is 13.2 Å². The predicted octanol–water partition coefficient (Wildman–Crippen LogP) is 1.16. The van der Waals surface area contributed by atoms with E-state index in [9.17, 15) is 0 Å². The average Bonchev–Trinajstić information content (AvgIpc) is 1.86. The van der Waals surface area contributed by atoms with Gasteiger partial charge in [-0.25, -0.2) is 0 Å². The van der Waals surface area contributed by atoms with E-state index in [0.29, 0.717) is 0 Å². The zero-order valence-corrected chi connectivity index (χ0v) is 5.86. The molecule has 0 radical (unpaired) electrons. The molecule has 1 N–H and O–H groups in total. The number of nitrogens with zero attached hydrogens (tertiary/aromatic N) is 1. The maximum Gasteiger partial charge on any atom is 0.200 e. The van der Waals surface area contributed by atoms with Gasteiger partial charge in [0, 0.05) is 0 Å². The first-order valence-electron chi connectivity index (χ1n) is 2.59. The molecule has 50 valence electrons. The van der Waals surface area contributed by atoms with Crippen LogP contribution in [0.5, 0.6) is 0 Å². The van der Waals surface area contributed by atoms with Crippen LogP contribution in [0.2, 0.25) is 0 Å². The lowest BCUT2D eigenvalue weighted by molar-refractivity contribution is 0.350. The van der Waals surface area contributed by atoms with Gasteiger partial charge in [0.2, 0.25) is 5.90 Å². The molecule has 0 aromatic carbocycles. The van der Waals surface area contributed by atoms with Gasteiger partial charge in [-0.15, -0.1) is 0 Å². The highest BCUT2D eigenvalue weighted by Gasteiger charge is 2.23. The molecule has 0 saturated heterocycles. The van der Waals surface area contributed by atoms with Crippen molar-refractivity contribution < 1.29 is 4.74 Å². The molecule has 0 aromatic heterocycles. The smallest absolute Gasteiger partial charge is 0.200 e. The molecule has 0 saturated carbocycles. The van der Waals surface area contributed by atoms with E-state index in [1.165, 1.54) is 7.11 Å². The van der Waals surface area contributed by atoms with Gasteiger partial charge in [0.25, 0.3) is 0 Å². The molecule has 0 bridgehead atoms. The van der Waals surface area contributed by atoms with E-state index in [0.717, 1.165) is 0 Å². The van der Waals surface area contributed by atoms with Gasteiger partial charge in [-0.1, -0.05) is 0 Å². The van der Waals surface area contributed by atoms with E-state index >= 15 is 0 Å². The van der Waals surface area contributed by atoms with E-state index in [2.05, 4.69) is 4.74 Å². The van der Waals surface area contributed by atoms with E-state index in [1.54, 1.807) is 13.8 Å². The van der Waals surface area contributed by atoms with Crippen LogP contribution in [0.15, 0.2) is 0 Å². The molecule has 0 aliphatic rings. The van der Waals surface area contributed by atoms with Crippen LogP contribution >= 0.6 is 0 Å². The number of hydrogen-bond acceptors (Lipinski definition) is 3. The molecular weight excluding hydrogens is 116 g/mol. The Balaban J connectivity index is 4.19. The quantitative estimate of drug-likeness (QED) is 0.423. The maximum atomic E-state index is 8.42. The Kier molecular flexibility index (Phi) is 2.20. The number of hydrogen-bond donors (Lipinski definition) is 1. The number of methoxy groups -OCH3 is 1. The van der Waals surface area contributed by atoms with Crippen molar-refractivity contribution >= 4 is 5.90 Å². The van der Waals surface area contributed by atoms with Crippen molar-refractivity contribution in [2.24, 2.45) is 5.41 Å². The molecule has 0 unspecified atom stereocenters. The van der Waals surface area contributed by atoms with Crippen LogP contribution in [0.1, 0.15) is 13.8 Å². The molecule has 0 fully saturated rings. The zero-order chi connectivity index (χ0) is 7.49. The minimum absolute atomic E-state index is 0.00463. The highest BCUT2D eigenvalue weighted by atomic mass is 16.5. The second-order valence-corrected chi connectivity index (χ2v) is 2.27. The fourth-order valence-corrected chi connectivity index (χ4v) is 0.306. The summed E-state index contributed by atoms with van der Waals surface area (Å²) in [5.41, 5.74) is -0.783. The first-order valence-corrected chi connectivity index (χ1v) is 2.59. The van der Waals surface area contributed by atoms with Gasteiger partial charge in [-0.2, -0.15) is 5.26 Å². The van der Waals surface area contributed by atoms with E-state index in [1.807, 2.05) is 6.07 Å². The van der Waals surface area contributed by atoms with E-state index in [-0.39, 0.29) is 5.90 Å². The van der Waals surface area contributed by atoms with Crippen LogP contribution in [-0.2, 0) is 4.74 Å². The number of ether oxygens (including phenoxy) is 1. The third-order valence-electron chi connectivity index (χ3n) is 1.05. The van der Waals surface area contributed by atoms with Crippen molar-refractivity contribution in [3.8, 4) is 6.07 Å². The van der Waals surface area contributed by atoms with Gasteiger partial charge in [0.1, 0.15) is 5.41 Å². The van der Waals surface area contributed by atoms with Crippen LogP contribution in [0.25, 0.3) is 0 Å². The summed E-state index contributed by atoms with van der Waals surface area (Å²) in [4.78, 5) is 0. The summed E-state index contributed by atoms with van der Waals surface area (Å²) >= 11 is 0. The van der Waals surface area contributed by atoms with E-state index < -0.39 is 5.41 Å². The minimum atomic E-state index is -0.783. The van der Waals surface area contributed by atoms with Gasteiger partial charge in [-0.3, -0.25) is 5.41 Å². The molecule has 0 heterocycles. The topological polar surface area (TPSA) is 56.9 Å². The van der Waals surface area contributed by atoms with Crippen LogP contribution < -0.4 is 0 Å². The van der Waals surface area contributed by atoms with Crippen molar-refractivity contribution in [3.05, 3.63) is 0 Å². The fraction of sp³-hybridized carbons (Fsp3) is 0.667. The summed E-state index contributed by atoms with van der Waals surface area (Å²) in [6.07, 6.45) is 0.